The van der Waals surface area contributed by atoms with E-state index in [9.17, 15) is 8.78 Å². The first-order valence-corrected chi connectivity index (χ1v) is 9.46. The summed E-state index contributed by atoms with van der Waals surface area (Å²) < 4.78 is 27.4. The minimum atomic E-state index is -0.440. The molecule has 0 saturated heterocycles. The molecule has 0 bridgehead atoms. The molecule has 0 spiro atoms. The lowest BCUT2D eigenvalue weighted by molar-refractivity contribution is 0.625. The van der Waals surface area contributed by atoms with Crippen molar-refractivity contribution in [2.45, 2.75) is 11.8 Å². The van der Waals surface area contributed by atoms with Crippen LogP contribution in [0.3, 0.4) is 0 Å². The first-order valence-electron chi connectivity index (χ1n) is 8.21. The van der Waals surface area contributed by atoms with Crippen molar-refractivity contribution in [2.75, 3.05) is 0 Å². The van der Waals surface area contributed by atoms with Gasteiger partial charge in [-0.2, -0.15) is 0 Å². The van der Waals surface area contributed by atoms with Crippen LogP contribution < -0.4 is 0 Å². The van der Waals surface area contributed by atoms with Gasteiger partial charge < -0.3 is 0 Å². The Bertz CT molecular complexity index is 980. The summed E-state index contributed by atoms with van der Waals surface area (Å²) in [4.78, 5) is 5.45. The average Bonchev–Trinajstić information content (AvgIpc) is 2.64. The number of hydrogen-bond donors (Lipinski definition) is 0. The molecule has 0 heterocycles. The van der Waals surface area contributed by atoms with Crippen molar-refractivity contribution in [3.8, 4) is 0 Å². The Morgan fingerprint density at radius 1 is 0.963 bits per heavy atom. The standard InChI is InChI=1S/C22H16ClF2NS/c1-15-2-7-18(8-3-15)26-22(20-11-4-16(23)14-21(20)25)12-13-27-19-9-5-17(24)6-10-19/h2-14H,1H3. The highest BCUT2D eigenvalue weighted by atomic mass is 35.5. The predicted molar refractivity (Wildman–Crippen MR) is 110 cm³/mol. The largest absolute Gasteiger partial charge is 0.248 e. The highest BCUT2D eigenvalue weighted by molar-refractivity contribution is 8.02. The first kappa shape index (κ1) is 19.3. The second-order valence-electron chi connectivity index (χ2n) is 5.83. The molecule has 0 radical (unpaired) electrons. The van der Waals surface area contributed by atoms with Crippen LogP contribution in [-0.2, 0) is 0 Å². The van der Waals surface area contributed by atoms with E-state index in [0.717, 1.165) is 16.1 Å². The van der Waals surface area contributed by atoms with E-state index in [1.165, 1.54) is 30.0 Å². The van der Waals surface area contributed by atoms with E-state index in [1.54, 1.807) is 35.7 Å². The minimum absolute atomic E-state index is 0.284. The molecule has 0 aliphatic carbocycles. The van der Waals surface area contributed by atoms with Gasteiger partial charge in [-0.15, -0.1) is 0 Å². The minimum Gasteiger partial charge on any atom is -0.248 e. The third-order valence-corrected chi connectivity index (χ3v) is 4.79. The Morgan fingerprint density at radius 2 is 1.67 bits per heavy atom. The summed E-state index contributed by atoms with van der Waals surface area (Å²) in [5.74, 6) is -0.724. The molecular formula is C22H16ClF2NS. The zero-order valence-electron chi connectivity index (χ0n) is 14.5. The van der Waals surface area contributed by atoms with Gasteiger partial charge in [0.1, 0.15) is 11.6 Å². The van der Waals surface area contributed by atoms with Crippen LogP contribution in [0.4, 0.5) is 14.5 Å². The molecule has 0 fully saturated rings. The number of benzene rings is 3. The van der Waals surface area contributed by atoms with Crippen LogP contribution >= 0.6 is 23.4 Å². The van der Waals surface area contributed by atoms with Crippen LogP contribution in [0.2, 0.25) is 5.02 Å². The fourth-order valence-corrected chi connectivity index (χ4v) is 3.14. The van der Waals surface area contributed by atoms with E-state index in [4.69, 9.17) is 11.6 Å². The van der Waals surface area contributed by atoms with E-state index in [1.807, 2.05) is 31.2 Å². The van der Waals surface area contributed by atoms with Gasteiger partial charge in [-0.1, -0.05) is 41.1 Å². The molecule has 5 heteroatoms. The summed E-state index contributed by atoms with van der Waals surface area (Å²) in [6.45, 7) is 1.99. The third-order valence-electron chi connectivity index (χ3n) is 3.73. The van der Waals surface area contributed by atoms with E-state index in [2.05, 4.69) is 4.99 Å². The van der Waals surface area contributed by atoms with Crippen LogP contribution in [0.15, 0.2) is 88.1 Å². The van der Waals surface area contributed by atoms with Gasteiger partial charge in [0.05, 0.1) is 11.4 Å². The Morgan fingerprint density at radius 3 is 2.33 bits per heavy atom. The summed E-state index contributed by atoms with van der Waals surface area (Å²) in [5, 5.41) is 2.13. The number of nitrogens with zero attached hydrogens (tertiary/aromatic N) is 1. The second kappa shape index (κ2) is 8.98. The molecule has 0 amide bonds. The molecule has 3 aromatic carbocycles. The predicted octanol–water partition coefficient (Wildman–Crippen LogP) is 7.35. The number of thioether (sulfide) groups is 1. The lowest BCUT2D eigenvalue weighted by Crippen LogP contribution is -2.00. The van der Waals surface area contributed by atoms with Crippen molar-refractivity contribution in [3.05, 3.63) is 106 Å². The molecule has 3 rings (SSSR count). The molecule has 27 heavy (non-hydrogen) atoms. The molecular weight excluding hydrogens is 384 g/mol. The quantitative estimate of drug-likeness (QED) is 0.322. The highest BCUT2D eigenvalue weighted by Crippen LogP contribution is 2.23. The number of halogens is 3. The topological polar surface area (TPSA) is 12.4 Å². The van der Waals surface area contributed by atoms with Gasteiger partial charge in [0.15, 0.2) is 0 Å². The normalized spacial score (nSPS) is 11.9. The van der Waals surface area contributed by atoms with Crippen LogP contribution in [-0.4, -0.2) is 5.71 Å². The van der Waals surface area contributed by atoms with E-state index in [-0.39, 0.29) is 5.82 Å². The molecule has 1 nitrogen and oxygen atoms in total. The van der Waals surface area contributed by atoms with Gasteiger partial charge in [0, 0.05) is 15.5 Å². The second-order valence-corrected chi connectivity index (χ2v) is 7.25. The van der Waals surface area contributed by atoms with Crippen molar-refractivity contribution in [2.24, 2.45) is 4.99 Å². The monoisotopic (exact) mass is 399 g/mol. The SMILES string of the molecule is Cc1ccc(N=C(C=CSc2ccc(F)cc2)c2ccc(Cl)cc2F)cc1. The lowest BCUT2D eigenvalue weighted by Gasteiger charge is -2.05. The number of aryl methyl sites for hydroxylation is 1. The number of rotatable bonds is 5. The van der Waals surface area contributed by atoms with E-state index in [0.29, 0.717) is 16.3 Å². The smallest absolute Gasteiger partial charge is 0.134 e. The van der Waals surface area contributed by atoms with Crippen molar-refractivity contribution >= 4 is 34.8 Å². The van der Waals surface area contributed by atoms with Gasteiger partial charge in [-0.3, -0.25) is 0 Å². The van der Waals surface area contributed by atoms with Crippen LogP contribution in [0, 0.1) is 18.6 Å². The first-order chi connectivity index (χ1) is 13.0. The van der Waals surface area contributed by atoms with Gasteiger partial charge >= 0.3 is 0 Å². The van der Waals surface area contributed by atoms with Crippen molar-refractivity contribution < 1.29 is 8.78 Å². The lowest BCUT2D eigenvalue weighted by atomic mass is 10.1. The molecule has 0 unspecified atom stereocenters. The number of aliphatic imine (C=N–C) groups is 1. The molecule has 0 aliphatic rings. The number of hydrogen-bond acceptors (Lipinski definition) is 2. The summed E-state index contributed by atoms with van der Waals surface area (Å²) in [7, 11) is 0. The van der Waals surface area contributed by atoms with Crippen LogP contribution in [0.5, 0.6) is 0 Å². The van der Waals surface area contributed by atoms with Gasteiger partial charge in [0.2, 0.25) is 0 Å². The van der Waals surface area contributed by atoms with Gasteiger partial charge in [-0.05, 0) is 73.0 Å². The van der Waals surface area contributed by atoms with Gasteiger partial charge in [0.25, 0.3) is 0 Å². The highest BCUT2D eigenvalue weighted by Gasteiger charge is 2.08. The van der Waals surface area contributed by atoms with Crippen LogP contribution in [0.25, 0.3) is 0 Å². The summed E-state index contributed by atoms with van der Waals surface area (Å²) in [6, 6.07) is 18.3. The van der Waals surface area contributed by atoms with Crippen LogP contribution in [0.1, 0.15) is 11.1 Å². The maximum Gasteiger partial charge on any atom is 0.134 e. The molecule has 0 aliphatic heterocycles. The van der Waals surface area contributed by atoms with Crippen molar-refractivity contribution in [3.63, 3.8) is 0 Å². The maximum atomic E-state index is 14.4. The van der Waals surface area contributed by atoms with E-state index >= 15 is 0 Å². The zero-order chi connectivity index (χ0) is 19.2. The summed E-state index contributed by atoms with van der Waals surface area (Å²) in [5.41, 5.74) is 2.68. The molecule has 0 aromatic heterocycles. The Balaban J connectivity index is 1.92. The molecule has 0 atom stereocenters. The molecule has 136 valence electrons. The summed E-state index contributed by atoms with van der Waals surface area (Å²) in [6.07, 6.45) is 1.74. The van der Waals surface area contributed by atoms with Crippen molar-refractivity contribution in [1.82, 2.24) is 0 Å². The van der Waals surface area contributed by atoms with Crippen molar-refractivity contribution in [1.29, 1.82) is 0 Å². The summed E-state index contributed by atoms with van der Waals surface area (Å²) >= 11 is 7.26. The number of allylic oxidation sites excluding steroid dienone is 1. The van der Waals surface area contributed by atoms with Gasteiger partial charge in [-0.25, -0.2) is 13.8 Å². The maximum absolute atomic E-state index is 14.4. The third kappa shape index (κ3) is 5.52. The Hall–Kier alpha value is -2.43. The molecule has 0 N–H and O–H groups in total. The average molecular weight is 400 g/mol. The molecule has 0 saturated carbocycles. The molecule has 3 aromatic rings. The fraction of sp³-hybridized carbons (Fsp3) is 0.0455. The fourth-order valence-electron chi connectivity index (χ4n) is 2.33. The Labute approximate surface area is 166 Å². The van der Waals surface area contributed by atoms with E-state index < -0.39 is 5.82 Å². The zero-order valence-corrected chi connectivity index (χ0v) is 16.1. The Kier molecular flexibility index (Phi) is 6.43.